The molecule has 5 atom stereocenters. The van der Waals surface area contributed by atoms with E-state index in [0.717, 1.165) is 0 Å². The van der Waals surface area contributed by atoms with Crippen LogP contribution in [-0.4, -0.2) is 63.5 Å². The topological polar surface area (TPSA) is 149 Å². The summed E-state index contributed by atoms with van der Waals surface area (Å²) in [6.07, 6.45) is -5.42. The average molecular weight is 379 g/mol. The number of nitrogens with one attached hydrogen (secondary N) is 1. The second kappa shape index (κ2) is 7.37. The number of carbonyl (C=O) groups is 1. The van der Waals surface area contributed by atoms with E-state index in [2.05, 4.69) is 5.32 Å². The zero-order valence-electron chi connectivity index (χ0n) is 14.7. The standard InChI is InChI=1S/C18H21NO8/c1-7-13(8(2)21)10-4-3-9(5-11(10)26-17(7)24)19-14-16(23)15(22)12(6-20)27-18(14)25/h3-5,12,14-16,18-20,22-23,25H,6H2,1-2H3/t12?,14?,15-,16-,18?/m1/s1. The van der Waals surface area contributed by atoms with Crippen LogP contribution in [0.5, 0.6) is 0 Å². The molecule has 0 spiro atoms. The number of hydrogen-bond acceptors (Lipinski definition) is 9. The van der Waals surface area contributed by atoms with Crippen LogP contribution in [0.15, 0.2) is 27.4 Å². The van der Waals surface area contributed by atoms with Crippen molar-refractivity contribution in [3.8, 4) is 0 Å². The quantitative estimate of drug-likeness (QED) is 0.350. The highest BCUT2D eigenvalue weighted by atomic mass is 16.6. The van der Waals surface area contributed by atoms with Crippen LogP contribution in [0.4, 0.5) is 5.69 Å². The first-order chi connectivity index (χ1) is 12.7. The number of ether oxygens (including phenoxy) is 1. The molecule has 5 N–H and O–H groups in total. The van der Waals surface area contributed by atoms with Gasteiger partial charge in [0.2, 0.25) is 0 Å². The number of aliphatic hydroxyl groups is 4. The second-order valence-electron chi connectivity index (χ2n) is 6.56. The van der Waals surface area contributed by atoms with Crippen molar-refractivity contribution in [3.05, 3.63) is 39.7 Å². The third-order valence-corrected chi connectivity index (χ3v) is 4.72. The summed E-state index contributed by atoms with van der Waals surface area (Å²) in [6.45, 7) is 2.31. The molecule has 1 fully saturated rings. The van der Waals surface area contributed by atoms with Crippen molar-refractivity contribution in [2.75, 3.05) is 11.9 Å². The zero-order valence-corrected chi connectivity index (χ0v) is 14.7. The van der Waals surface area contributed by atoms with E-state index in [4.69, 9.17) is 14.3 Å². The van der Waals surface area contributed by atoms with Crippen molar-refractivity contribution in [3.63, 3.8) is 0 Å². The van der Waals surface area contributed by atoms with Crippen LogP contribution >= 0.6 is 0 Å². The Hall–Kier alpha value is -2.30. The van der Waals surface area contributed by atoms with Gasteiger partial charge in [-0.2, -0.15) is 0 Å². The Morgan fingerprint density at radius 3 is 2.56 bits per heavy atom. The van der Waals surface area contributed by atoms with Crippen LogP contribution in [-0.2, 0) is 4.74 Å². The zero-order chi connectivity index (χ0) is 19.9. The lowest BCUT2D eigenvalue weighted by atomic mass is 9.96. The molecule has 1 saturated heterocycles. The Morgan fingerprint density at radius 2 is 1.93 bits per heavy atom. The van der Waals surface area contributed by atoms with Gasteiger partial charge in [0.15, 0.2) is 12.1 Å². The number of hydrogen-bond donors (Lipinski definition) is 5. The maximum Gasteiger partial charge on any atom is 0.339 e. The summed E-state index contributed by atoms with van der Waals surface area (Å²) in [5.74, 6) is -0.268. The lowest BCUT2D eigenvalue weighted by Gasteiger charge is -2.40. The van der Waals surface area contributed by atoms with Crippen molar-refractivity contribution in [1.82, 2.24) is 0 Å². The Morgan fingerprint density at radius 1 is 1.22 bits per heavy atom. The molecule has 9 nitrogen and oxygen atoms in total. The summed E-state index contributed by atoms with van der Waals surface area (Å²) in [6, 6.07) is 3.52. The van der Waals surface area contributed by atoms with Crippen molar-refractivity contribution in [2.24, 2.45) is 0 Å². The van der Waals surface area contributed by atoms with Crippen molar-refractivity contribution in [2.45, 2.75) is 44.5 Å². The van der Waals surface area contributed by atoms with Gasteiger partial charge in [-0.1, -0.05) is 0 Å². The summed E-state index contributed by atoms with van der Waals surface area (Å²) in [7, 11) is 0. The van der Waals surface area contributed by atoms with Gasteiger partial charge in [-0.25, -0.2) is 4.79 Å². The fraction of sp³-hybridized carbons (Fsp3) is 0.444. The molecule has 0 bridgehead atoms. The van der Waals surface area contributed by atoms with E-state index >= 15 is 0 Å². The van der Waals surface area contributed by atoms with Crippen LogP contribution in [0.25, 0.3) is 11.0 Å². The van der Waals surface area contributed by atoms with E-state index in [-0.39, 0.29) is 22.5 Å². The number of aliphatic hydroxyl groups excluding tert-OH is 4. The number of ketones is 1. The smallest absolute Gasteiger partial charge is 0.339 e. The highest BCUT2D eigenvalue weighted by Gasteiger charge is 2.43. The molecule has 9 heteroatoms. The SMILES string of the molecule is CC(=O)c1c(C)c(=O)oc2cc(NC3C(O)OC(CO)[C@@H](O)[C@@H]3O)ccc12. The molecule has 3 unspecified atom stereocenters. The van der Waals surface area contributed by atoms with E-state index in [1.807, 2.05) is 0 Å². The summed E-state index contributed by atoms with van der Waals surface area (Å²) >= 11 is 0. The van der Waals surface area contributed by atoms with Crippen LogP contribution in [0.3, 0.4) is 0 Å². The van der Waals surface area contributed by atoms with E-state index in [1.54, 1.807) is 12.1 Å². The first-order valence-electron chi connectivity index (χ1n) is 8.40. The molecule has 3 rings (SSSR count). The summed E-state index contributed by atoms with van der Waals surface area (Å²) in [5, 5.41) is 42.6. The summed E-state index contributed by atoms with van der Waals surface area (Å²) in [4.78, 5) is 23.9. The van der Waals surface area contributed by atoms with Crippen LogP contribution < -0.4 is 10.9 Å². The molecule has 1 aromatic heterocycles. The Kier molecular flexibility index (Phi) is 5.31. The predicted octanol–water partition coefficient (Wildman–Crippen LogP) is -0.484. The fourth-order valence-electron chi connectivity index (χ4n) is 3.28. The molecule has 0 aliphatic carbocycles. The molecule has 2 aromatic rings. The van der Waals surface area contributed by atoms with Gasteiger partial charge in [-0.3, -0.25) is 4.79 Å². The van der Waals surface area contributed by atoms with Gasteiger partial charge in [-0.05, 0) is 26.0 Å². The lowest BCUT2D eigenvalue weighted by molar-refractivity contribution is -0.245. The molecule has 1 aromatic carbocycles. The first-order valence-corrected chi connectivity index (χ1v) is 8.40. The van der Waals surface area contributed by atoms with Gasteiger partial charge in [0.1, 0.15) is 29.9 Å². The first kappa shape index (κ1) is 19.5. The number of carbonyl (C=O) groups excluding carboxylic acids is 1. The maximum absolute atomic E-state index is 12.0. The largest absolute Gasteiger partial charge is 0.422 e. The highest BCUT2D eigenvalue weighted by molar-refractivity contribution is 6.07. The normalized spacial score (nSPS) is 28.3. The van der Waals surface area contributed by atoms with Gasteiger partial charge >= 0.3 is 5.63 Å². The number of benzene rings is 1. The van der Waals surface area contributed by atoms with E-state index < -0.39 is 42.9 Å². The molecular weight excluding hydrogens is 358 g/mol. The van der Waals surface area contributed by atoms with E-state index in [0.29, 0.717) is 11.1 Å². The molecule has 0 radical (unpaired) electrons. The minimum Gasteiger partial charge on any atom is -0.422 e. The van der Waals surface area contributed by atoms with E-state index in [9.17, 15) is 24.9 Å². The van der Waals surface area contributed by atoms with Gasteiger partial charge in [-0.15, -0.1) is 0 Å². The third kappa shape index (κ3) is 3.47. The monoisotopic (exact) mass is 379 g/mol. The molecule has 0 saturated carbocycles. The molecular formula is C18H21NO8. The fourth-order valence-corrected chi connectivity index (χ4v) is 3.28. The van der Waals surface area contributed by atoms with Crippen LogP contribution in [0.1, 0.15) is 22.8 Å². The maximum atomic E-state index is 12.0. The minimum absolute atomic E-state index is 0.162. The molecule has 1 aliphatic heterocycles. The molecule has 1 aliphatic rings. The molecule has 2 heterocycles. The number of Topliss-reactive ketones (excluding diaryl/α,β-unsaturated/α-hetero) is 1. The average Bonchev–Trinajstić information content (AvgIpc) is 2.62. The second-order valence-corrected chi connectivity index (χ2v) is 6.56. The number of anilines is 1. The number of rotatable bonds is 4. The molecule has 146 valence electrons. The van der Waals surface area contributed by atoms with Crippen molar-refractivity contribution < 1.29 is 34.4 Å². The summed E-state index contributed by atoms with van der Waals surface area (Å²) in [5.41, 5.74) is 0.392. The van der Waals surface area contributed by atoms with Crippen molar-refractivity contribution in [1.29, 1.82) is 0 Å². The van der Waals surface area contributed by atoms with Crippen LogP contribution in [0, 0.1) is 6.92 Å². The summed E-state index contributed by atoms with van der Waals surface area (Å²) < 4.78 is 10.3. The van der Waals surface area contributed by atoms with Gasteiger partial charge < -0.3 is 34.9 Å². The Labute approximate surface area is 153 Å². The molecule has 27 heavy (non-hydrogen) atoms. The Bertz CT molecular complexity index is 923. The highest BCUT2D eigenvalue weighted by Crippen LogP contribution is 2.27. The van der Waals surface area contributed by atoms with Crippen molar-refractivity contribution >= 4 is 22.4 Å². The van der Waals surface area contributed by atoms with E-state index in [1.165, 1.54) is 19.9 Å². The van der Waals surface area contributed by atoms with Gasteiger partial charge in [0, 0.05) is 28.3 Å². The Balaban J connectivity index is 1.96. The number of fused-ring (bicyclic) bond motifs is 1. The minimum atomic E-state index is -1.49. The lowest BCUT2D eigenvalue weighted by Crippen LogP contribution is -2.61. The predicted molar refractivity (Wildman–Crippen MR) is 94.6 cm³/mol. The molecule has 0 amide bonds. The van der Waals surface area contributed by atoms with Crippen LogP contribution in [0.2, 0.25) is 0 Å². The van der Waals surface area contributed by atoms with Gasteiger partial charge in [0.25, 0.3) is 0 Å². The third-order valence-electron chi connectivity index (χ3n) is 4.72. The van der Waals surface area contributed by atoms with Gasteiger partial charge in [0.05, 0.1) is 6.61 Å².